The molecule has 2 rings (SSSR count). The number of halogens is 5. The van der Waals surface area contributed by atoms with E-state index in [1.165, 1.54) is 12.1 Å². The molecule has 1 aromatic carbocycles. The maximum absolute atomic E-state index is 13.8. The molecule has 6 heteroatoms. The molecule has 1 aliphatic rings. The summed E-state index contributed by atoms with van der Waals surface area (Å²) in [5.41, 5.74) is 6.03. The molecule has 0 bridgehead atoms. The quantitative estimate of drug-likeness (QED) is 0.777. The zero-order chi connectivity index (χ0) is 14.9. The molecule has 1 aromatic rings. The van der Waals surface area contributed by atoms with Crippen LogP contribution in [0, 0.1) is 17.7 Å². The van der Waals surface area contributed by atoms with Gasteiger partial charge in [0.1, 0.15) is 5.82 Å². The van der Waals surface area contributed by atoms with Gasteiger partial charge in [-0.3, -0.25) is 0 Å². The van der Waals surface area contributed by atoms with Crippen molar-refractivity contribution < 1.29 is 17.6 Å². The first-order valence-electron chi connectivity index (χ1n) is 6.58. The Hall–Kier alpha value is -0.810. The number of hydrogen-bond acceptors (Lipinski definition) is 1. The second-order valence-electron chi connectivity index (χ2n) is 5.29. The topological polar surface area (TPSA) is 26.0 Å². The molecule has 1 saturated carbocycles. The Morgan fingerprint density at radius 2 is 1.85 bits per heavy atom. The number of hydrogen-bond donors (Lipinski definition) is 1. The Kier molecular flexibility index (Phi) is 4.59. The third kappa shape index (κ3) is 3.26. The number of nitrogens with two attached hydrogens (primary N) is 1. The standard InChI is InChI=1S/C14H16ClF4N/c15-8-5-6-10(12(16)7-8)13(20)9-3-1-2-4-11(9)14(17,18)19/h5-7,9,11,13H,1-4,20H2. The zero-order valence-corrected chi connectivity index (χ0v) is 11.5. The minimum absolute atomic E-state index is 0.0665. The van der Waals surface area contributed by atoms with Gasteiger partial charge in [0, 0.05) is 16.6 Å². The lowest BCUT2D eigenvalue weighted by Gasteiger charge is -2.36. The predicted octanol–water partition coefficient (Wildman–Crippen LogP) is 4.85. The van der Waals surface area contributed by atoms with Crippen LogP contribution in [0.4, 0.5) is 17.6 Å². The monoisotopic (exact) mass is 309 g/mol. The van der Waals surface area contributed by atoms with Crippen molar-refractivity contribution in [3.05, 3.63) is 34.6 Å². The van der Waals surface area contributed by atoms with Crippen LogP contribution in [0.5, 0.6) is 0 Å². The highest BCUT2D eigenvalue weighted by atomic mass is 35.5. The summed E-state index contributed by atoms with van der Waals surface area (Å²) in [5.74, 6) is -2.88. The highest BCUT2D eigenvalue weighted by molar-refractivity contribution is 6.30. The lowest BCUT2D eigenvalue weighted by atomic mass is 9.73. The lowest BCUT2D eigenvalue weighted by Crippen LogP contribution is -2.39. The Morgan fingerprint density at radius 1 is 1.20 bits per heavy atom. The van der Waals surface area contributed by atoms with Crippen molar-refractivity contribution in [3.63, 3.8) is 0 Å². The summed E-state index contributed by atoms with van der Waals surface area (Å²) < 4.78 is 53.0. The SMILES string of the molecule is NC(c1ccc(Cl)cc1F)C1CCCCC1C(F)(F)F. The van der Waals surface area contributed by atoms with Crippen molar-refractivity contribution in [2.24, 2.45) is 17.6 Å². The van der Waals surface area contributed by atoms with Gasteiger partial charge in [-0.15, -0.1) is 0 Å². The molecular weight excluding hydrogens is 294 g/mol. The molecule has 2 N–H and O–H groups in total. The summed E-state index contributed by atoms with van der Waals surface area (Å²) in [5, 5.41) is 0.203. The van der Waals surface area contributed by atoms with Crippen LogP contribution in [0.2, 0.25) is 5.02 Å². The van der Waals surface area contributed by atoms with Crippen molar-refractivity contribution in [2.45, 2.75) is 37.9 Å². The molecule has 0 saturated heterocycles. The minimum Gasteiger partial charge on any atom is -0.324 e. The smallest absolute Gasteiger partial charge is 0.324 e. The van der Waals surface area contributed by atoms with Crippen molar-refractivity contribution in [3.8, 4) is 0 Å². The summed E-state index contributed by atoms with van der Waals surface area (Å²) in [7, 11) is 0. The fourth-order valence-electron chi connectivity index (χ4n) is 3.00. The molecule has 20 heavy (non-hydrogen) atoms. The molecule has 3 atom stereocenters. The second-order valence-corrected chi connectivity index (χ2v) is 5.72. The van der Waals surface area contributed by atoms with Crippen molar-refractivity contribution in [1.82, 2.24) is 0 Å². The van der Waals surface area contributed by atoms with Crippen LogP contribution in [-0.4, -0.2) is 6.18 Å². The summed E-state index contributed by atoms with van der Waals surface area (Å²) >= 11 is 5.65. The average Bonchev–Trinajstić information content (AvgIpc) is 2.37. The van der Waals surface area contributed by atoms with Gasteiger partial charge in [0.05, 0.1) is 5.92 Å². The van der Waals surface area contributed by atoms with E-state index >= 15 is 0 Å². The van der Waals surface area contributed by atoms with Crippen molar-refractivity contribution in [1.29, 1.82) is 0 Å². The first-order valence-corrected chi connectivity index (χ1v) is 6.95. The highest BCUT2D eigenvalue weighted by Gasteiger charge is 2.47. The number of alkyl halides is 3. The third-order valence-corrected chi connectivity index (χ3v) is 4.26. The van der Waals surface area contributed by atoms with Crippen LogP contribution in [0.1, 0.15) is 37.3 Å². The van der Waals surface area contributed by atoms with E-state index in [4.69, 9.17) is 17.3 Å². The fraction of sp³-hybridized carbons (Fsp3) is 0.571. The molecule has 0 aromatic heterocycles. The van der Waals surface area contributed by atoms with Gasteiger partial charge in [0.2, 0.25) is 0 Å². The summed E-state index contributed by atoms with van der Waals surface area (Å²) in [6, 6.07) is 2.96. The Balaban J connectivity index is 2.27. The van der Waals surface area contributed by atoms with Gasteiger partial charge < -0.3 is 5.73 Å². The Labute approximate surface area is 120 Å². The summed E-state index contributed by atoms with van der Waals surface area (Å²) in [6.45, 7) is 0. The van der Waals surface area contributed by atoms with E-state index in [1.807, 2.05) is 0 Å². The molecule has 0 spiro atoms. The molecular formula is C14H16ClF4N. The molecule has 0 aliphatic heterocycles. The molecule has 0 amide bonds. The molecule has 1 fully saturated rings. The van der Waals surface area contributed by atoms with Crippen LogP contribution in [-0.2, 0) is 0 Å². The predicted molar refractivity (Wildman–Crippen MR) is 69.8 cm³/mol. The normalized spacial score (nSPS) is 25.5. The van der Waals surface area contributed by atoms with E-state index in [1.54, 1.807) is 0 Å². The minimum atomic E-state index is -4.29. The summed E-state index contributed by atoms with van der Waals surface area (Å²) in [6.07, 6.45) is -2.62. The molecule has 0 radical (unpaired) electrons. The molecule has 3 unspecified atom stereocenters. The van der Waals surface area contributed by atoms with Gasteiger partial charge in [-0.05, 0) is 30.9 Å². The van der Waals surface area contributed by atoms with Crippen LogP contribution in [0.15, 0.2) is 18.2 Å². The maximum atomic E-state index is 13.8. The van der Waals surface area contributed by atoms with E-state index in [0.29, 0.717) is 19.3 Å². The van der Waals surface area contributed by atoms with Crippen molar-refractivity contribution >= 4 is 11.6 Å². The third-order valence-electron chi connectivity index (χ3n) is 4.02. The number of rotatable bonds is 2. The van der Waals surface area contributed by atoms with Gasteiger partial charge >= 0.3 is 6.18 Å². The van der Waals surface area contributed by atoms with Crippen LogP contribution >= 0.6 is 11.6 Å². The van der Waals surface area contributed by atoms with Gasteiger partial charge in [0.25, 0.3) is 0 Å². The van der Waals surface area contributed by atoms with Gasteiger partial charge in [-0.2, -0.15) is 13.2 Å². The van der Waals surface area contributed by atoms with E-state index < -0.39 is 29.9 Å². The molecule has 1 nitrogen and oxygen atoms in total. The summed E-state index contributed by atoms with van der Waals surface area (Å²) in [4.78, 5) is 0. The second kappa shape index (κ2) is 5.90. The van der Waals surface area contributed by atoms with Crippen molar-refractivity contribution in [2.75, 3.05) is 0 Å². The molecule has 1 aliphatic carbocycles. The van der Waals surface area contributed by atoms with E-state index in [0.717, 1.165) is 6.07 Å². The van der Waals surface area contributed by atoms with Gasteiger partial charge in [-0.25, -0.2) is 4.39 Å². The zero-order valence-electron chi connectivity index (χ0n) is 10.8. The Morgan fingerprint density at radius 3 is 2.45 bits per heavy atom. The van der Waals surface area contributed by atoms with E-state index in [9.17, 15) is 17.6 Å². The van der Waals surface area contributed by atoms with Crippen LogP contribution < -0.4 is 5.73 Å². The lowest BCUT2D eigenvalue weighted by molar-refractivity contribution is -0.198. The molecule has 0 heterocycles. The van der Waals surface area contributed by atoms with Crippen LogP contribution in [0.3, 0.4) is 0 Å². The number of benzene rings is 1. The van der Waals surface area contributed by atoms with Gasteiger partial charge in [-0.1, -0.05) is 30.5 Å². The maximum Gasteiger partial charge on any atom is 0.392 e. The first kappa shape index (κ1) is 15.6. The highest BCUT2D eigenvalue weighted by Crippen LogP contribution is 2.46. The largest absolute Gasteiger partial charge is 0.392 e. The molecule has 112 valence electrons. The van der Waals surface area contributed by atoms with E-state index in [-0.39, 0.29) is 17.0 Å². The van der Waals surface area contributed by atoms with Gasteiger partial charge in [0.15, 0.2) is 0 Å². The van der Waals surface area contributed by atoms with E-state index in [2.05, 4.69) is 0 Å². The fourth-order valence-corrected chi connectivity index (χ4v) is 3.16. The van der Waals surface area contributed by atoms with Crippen LogP contribution in [0.25, 0.3) is 0 Å². The Bertz CT molecular complexity index is 475. The first-order chi connectivity index (χ1) is 9.30. The average molecular weight is 310 g/mol.